The van der Waals surface area contributed by atoms with Gasteiger partial charge in [0.05, 0.1) is 12.7 Å². The molecule has 1 aromatic carbocycles. The Morgan fingerprint density at radius 1 is 1.30 bits per heavy atom. The average molecular weight is 271 g/mol. The van der Waals surface area contributed by atoms with Gasteiger partial charge in [0.25, 0.3) is 0 Å². The van der Waals surface area contributed by atoms with Gasteiger partial charge in [-0.2, -0.15) is 0 Å². The van der Waals surface area contributed by atoms with Gasteiger partial charge in [-0.1, -0.05) is 12.1 Å². The number of esters is 1. The zero-order chi connectivity index (χ0) is 14.1. The molecule has 3 rings (SSSR count). The number of benzene rings is 1. The SMILES string of the molecule is COC(=O)c1ccn2nc(-c3cccc(F)c3)nc2c1. The molecule has 0 aliphatic carbocycles. The number of nitrogens with zero attached hydrogens (tertiary/aromatic N) is 3. The van der Waals surface area contributed by atoms with E-state index >= 15 is 0 Å². The highest BCUT2D eigenvalue weighted by atomic mass is 19.1. The van der Waals surface area contributed by atoms with Crippen LogP contribution in [0.2, 0.25) is 0 Å². The summed E-state index contributed by atoms with van der Waals surface area (Å²) in [6, 6.07) is 9.18. The van der Waals surface area contributed by atoms with E-state index in [0.29, 0.717) is 22.6 Å². The summed E-state index contributed by atoms with van der Waals surface area (Å²) in [5, 5.41) is 4.24. The van der Waals surface area contributed by atoms with Gasteiger partial charge in [-0.15, -0.1) is 5.10 Å². The van der Waals surface area contributed by atoms with Crippen molar-refractivity contribution in [3.8, 4) is 11.4 Å². The molecular formula is C14H10FN3O2. The molecule has 2 aromatic heterocycles. The van der Waals surface area contributed by atoms with E-state index in [0.717, 1.165) is 0 Å². The van der Waals surface area contributed by atoms with Gasteiger partial charge in [0.15, 0.2) is 11.5 Å². The number of rotatable bonds is 2. The maximum atomic E-state index is 13.2. The minimum Gasteiger partial charge on any atom is -0.465 e. The fourth-order valence-corrected chi connectivity index (χ4v) is 1.88. The highest BCUT2D eigenvalue weighted by Crippen LogP contribution is 2.17. The fourth-order valence-electron chi connectivity index (χ4n) is 1.88. The van der Waals surface area contributed by atoms with Gasteiger partial charge in [-0.25, -0.2) is 18.7 Å². The van der Waals surface area contributed by atoms with E-state index in [1.165, 1.54) is 23.8 Å². The van der Waals surface area contributed by atoms with E-state index in [-0.39, 0.29) is 5.82 Å². The first kappa shape index (κ1) is 12.3. The minimum atomic E-state index is -0.442. The van der Waals surface area contributed by atoms with Gasteiger partial charge in [0, 0.05) is 11.8 Å². The second kappa shape index (κ2) is 4.73. The van der Waals surface area contributed by atoms with Crippen LogP contribution in [0.15, 0.2) is 42.6 Å². The van der Waals surface area contributed by atoms with Crippen LogP contribution in [0.3, 0.4) is 0 Å². The summed E-state index contributed by atoms with van der Waals surface area (Å²) >= 11 is 0. The highest BCUT2D eigenvalue weighted by Gasteiger charge is 2.10. The van der Waals surface area contributed by atoms with Crippen molar-refractivity contribution >= 4 is 11.6 Å². The molecule has 0 unspecified atom stereocenters. The summed E-state index contributed by atoms with van der Waals surface area (Å²) < 4.78 is 19.4. The number of hydrogen-bond acceptors (Lipinski definition) is 4. The molecule has 0 spiro atoms. The lowest BCUT2D eigenvalue weighted by molar-refractivity contribution is 0.0600. The number of pyridine rings is 1. The van der Waals surface area contributed by atoms with Crippen LogP contribution in [0.5, 0.6) is 0 Å². The molecule has 0 amide bonds. The number of carbonyl (C=O) groups is 1. The van der Waals surface area contributed by atoms with E-state index in [2.05, 4.69) is 14.8 Å². The summed E-state index contributed by atoms with van der Waals surface area (Å²) in [6.07, 6.45) is 1.61. The maximum Gasteiger partial charge on any atom is 0.338 e. The Balaban J connectivity index is 2.09. The lowest BCUT2D eigenvalue weighted by Gasteiger charge is -1.97. The zero-order valence-electron chi connectivity index (χ0n) is 10.6. The Morgan fingerprint density at radius 3 is 2.90 bits per heavy atom. The van der Waals surface area contributed by atoms with Gasteiger partial charge in [-0.3, -0.25) is 0 Å². The lowest BCUT2D eigenvalue weighted by Crippen LogP contribution is -2.02. The Labute approximate surface area is 113 Å². The monoisotopic (exact) mass is 271 g/mol. The second-order valence-corrected chi connectivity index (χ2v) is 4.16. The number of methoxy groups -OCH3 is 1. The molecule has 0 aliphatic rings. The molecule has 0 saturated carbocycles. The van der Waals surface area contributed by atoms with Crippen LogP contribution >= 0.6 is 0 Å². The Bertz CT molecular complexity index is 798. The molecule has 3 aromatic rings. The predicted molar refractivity (Wildman–Crippen MR) is 69.7 cm³/mol. The van der Waals surface area contributed by atoms with Crippen molar-refractivity contribution in [3.05, 3.63) is 54.0 Å². The van der Waals surface area contributed by atoms with Crippen LogP contribution in [0.1, 0.15) is 10.4 Å². The van der Waals surface area contributed by atoms with Crippen LogP contribution < -0.4 is 0 Å². The highest BCUT2D eigenvalue weighted by molar-refractivity contribution is 5.90. The lowest BCUT2D eigenvalue weighted by atomic mass is 10.2. The van der Waals surface area contributed by atoms with Gasteiger partial charge < -0.3 is 4.74 Å². The third-order valence-electron chi connectivity index (χ3n) is 2.84. The predicted octanol–water partition coefficient (Wildman–Crippen LogP) is 2.32. The van der Waals surface area contributed by atoms with E-state index < -0.39 is 5.97 Å². The minimum absolute atomic E-state index is 0.350. The van der Waals surface area contributed by atoms with Crippen molar-refractivity contribution in [1.82, 2.24) is 14.6 Å². The molecular weight excluding hydrogens is 261 g/mol. The zero-order valence-corrected chi connectivity index (χ0v) is 10.6. The second-order valence-electron chi connectivity index (χ2n) is 4.16. The molecule has 100 valence electrons. The molecule has 0 aliphatic heterocycles. The quantitative estimate of drug-likeness (QED) is 0.671. The third kappa shape index (κ3) is 2.11. The first-order valence-electron chi connectivity index (χ1n) is 5.88. The number of fused-ring (bicyclic) bond motifs is 1. The summed E-state index contributed by atoms with van der Waals surface area (Å²) in [4.78, 5) is 15.7. The van der Waals surface area contributed by atoms with Crippen LogP contribution in [0.25, 0.3) is 17.0 Å². The number of halogens is 1. The molecule has 6 heteroatoms. The molecule has 2 heterocycles. The van der Waals surface area contributed by atoms with E-state index in [1.54, 1.807) is 30.5 Å². The van der Waals surface area contributed by atoms with Crippen molar-refractivity contribution in [1.29, 1.82) is 0 Å². The molecule has 0 radical (unpaired) electrons. The fraction of sp³-hybridized carbons (Fsp3) is 0.0714. The standard InChI is InChI=1S/C14H10FN3O2/c1-20-14(19)10-5-6-18-12(8-10)16-13(17-18)9-3-2-4-11(15)7-9/h2-8H,1H3. The van der Waals surface area contributed by atoms with E-state index in [4.69, 9.17) is 0 Å². The molecule has 0 fully saturated rings. The number of hydrogen-bond donors (Lipinski definition) is 0. The molecule has 0 N–H and O–H groups in total. The number of carbonyl (C=O) groups excluding carboxylic acids is 1. The van der Waals surface area contributed by atoms with Crippen LogP contribution in [0.4, 0.5) is 4.39 Å². The van der Waals surface area contributed by atoms with Gasteiger partial charge in [0.2, 0.25) is 0 Å². The third-order valence-corrected chi connectivity index (χ3v) is 2.84. The largest absolute Gasteiger partial charge is 0.465 e. The van der Waals surface area contributed by atoms with Crippen LogP contribution in [-0.4, -0.2) is 27.7 Å². The van der Waals surface area contributed by atoms with Crippen molar-refractivity contribution in [2.45, 2.75) is 0 Å². The average Bonchev–Trinajstić information content (AvgIpc) is 2.89. The Hall–Kier alpha value is -2.76. The van der Waals surface area contributed by atoms with E-state index in [1.807, 2.05) is 0 Å². The molecule has 0 saturated heterocycles. The first-order chi connectivity index (χ1) is 9.67. The molecule has 20 heavy (non-hydrogen) atoms. The molecule has 0 atom stereocenters. The molecule has 0 bridgehead atoms. The van der Waals surface area contributed by atoms with Gasteiger partial charge >= 0.3 is 5.97 Å². The van der Waals surface area contributed by atoms with Crippen LogP contribution in [0, 0.1) is 5.82 Å². The Morgan fingerprint density at radius 2 is 2.15 bits per heavy atom. The number of aromatic nitrogens is 3. The van der Waals surface area contributed by atoms with E-state index in [9.17, 15) is 9.18 Å². The molecule has 5 nitrogen and oxygen atoms in total. The summed E-state index contributed by atoms with van der Waals surface area (Å²) in [7, 11) is 1.31. The Kier molecular flexibility index (Phi) is 2.90. The van der Waals surface area contributed by atoms with Gasteiger partial charge in [-0.05, 0) is 24.3 Å². The number of ether oxygens (including phenoxy) is 1. The van der Waals surface area contributed by atoms with Crippen molar-refractivity contribution in [3.63, 3.8) is 0 Å². The summed E-state index contributed by atoms with van der Waals surface area (Å²) in [6.45, 7) is 0. The summed E-state index contributed by atoms with van der Waals surface area (Å²) in [5.74, 6) is -0.397. The summed E-state index contributed by atoms with van der Waals surface area (Å²) in [5.41, 5.74) is 1.46. The normalized spacial score (nSPS) is 10.7. The first-order valence-corrected chi connectivity index (χ1v) is 5.88. The van der Waals surface area contributed by atoms with Gasteiger partial charge in [0.1, 0.15) is 5.82 Å². The van der Waals surface area contributed by atoms with Crippen molar-refractivity contribution < 1.29 is 13.9 Å². The topological polar surface area (TPSA) is 56.5 Å². The van der Waals surface area contributed by atoms with Crippen LogP contribution in [-0.2, 0) is 4.74 Å². The maximum absolute atomic E-state index is 13.2. The smallest absolute Gasteiger partial charge is 0.338 e. The van der Waals surface area contributed by atoms with Crippen molar-refractivity contribution in [2.24, 2.45) is 0 Å². The van der Waals surface area contributed by atoms with Crippen molar-refractivity contribution in [2.75, 3.05) is 7.11 Å².